The zero-order chi connectivity index (χ0) is 18.8. The van der Waals surface area contributed by atoms with Gasteiger partial charge in [0, 0.05) is 18.8 Å². The lowest BCUT2D eigenvalue weighted by Gasteiger charge is -2.16. The van der Waals surface area contributed by atoms with E-state index < -0.39 is 0 Å². The Morgan fingerprint density at radius 1 is 1.11 bits per heavy atom. The number of aliphatic imine (C=N–C) groups is 1. The Hall–Kier alpha value is -1.80. The molecule has 5 nitrogen and oxygen atoms in total. The first-order valence-electron chi connectivity index (χ1n) is 9.09. The molecule has 2 aromatic rings. The van der Waals surface area contributed by atoms with Gasteiger partial charge in [-0.25, -0.2) is 0 Å². The SMILES string of the molecule is CC(C)Oc1ccc(NC(N)=NCCCN(C)Cc2ccccc2)cc1.I. The molecule has 0 heterocycles. The van der Waals surface area contributed by atoms with Gasteiger partial charge in [-0.3, -0.25) is 4.99 Å². The van der Waals surface area contributed by atoms with Gasteiger partial charge >= 0.3 is 0 Å². The van der Waals surface area contributed by atoms with E-state index >= 15 is 0 Å². The summed E-state index contributed by atoms with van der Waals surface area (Å²) in [5.41, 5.74) is 8.19. The molecule has 2 rings (SSSR count). The van der Waals surface area contributed by atoms with Crippen LogP contribution in [-0.2, 0) is 6.54 Å². The number of nitrogens with one attached hydrogen (secondary N) is 1. The maximum atomic E-state index is 5.96. The number of nitrogens with zero attached hydrogens (tertiary/aromatic N) is 2. The summed E-state index contributed by atoms with van der Waals surface area (Å²) in [5, 5.41) is 3.11. The molecule has 0 aliphatic carbocycles. The van der Waals surface area contributed by atoms with Crippen LogP contribution in [0.25, 0.3) is 0 Å². The second-order valence-electron chi connectivity index (χ2n) is 6.66. The minimum Gasteiger partial charge on any atom is -0.491 e. The molecule has 0 fully saturated rings. The Morgan fingerprint density at radius 3 is 2.41 bits per heavy atom. The van der Waals surface area contributed by atoms with Crippen LogP contribution < -0.4 is 15.8 Å². The van der Waals surface area contributed by atoms with E-state index in [1.165, 1.54) is 5.56 Å². The molecule has 0 bridgehead atoms. The number of hydrogen-bond acceptors (Lipinski definition) is 3. The number of nitrogens with two attached hydrogens (primary N) is 1. The standard InChI is InChI=1S/C21H30N4O.HI/c1-17(2)26-20-12-10-19(11-13-20)24-21(22)23-14-7-15-25(3)16-18-8-5-4-6-9-18;/h4-6,8-13,17H,7,14-16H2,1-3H3,(H3,22,23,24);1H. The van der Waals surface area contributed by atoms with E-state index in [9.17, 15) is 0 Å². The van der Waals surface area contributed by atoms with Gasteiger partial charge < -0.3 is 20.7 Å². The summed E-state index contributed by atoms with van der Waals surface area (Å²) >= 11 is 0. The van der Waals surface area contributed by atoms with Crippen molar-refractivity contribution in [2.24, 2.45) is 10.7 Å². The molecule has 0 aromatic heterocycles. The van der Waals surface area contributed by atoms with Crippen LogP contribution in [0, 0.1) is 0 Å². The second kappa shape index (κ2) is 12.6. The topological polar surface area (TPSA) is 62.9 Å². The number of ether oxygens (including phenoxy) is 1. The van der Waals surface area contributed by atoms with Crippen molar-refractivity contribution in [1.82, 2.24) is 4.90 Å². The van der Waals surface area contributed by atoms with Gasteiger partial charge in [-0.15, -0.1) is 24.0 Å². The maximum absolute atomic E-state index is 5.96. The third-order valence-corrected chi connectivity index (χ3v) is 3.77. The van der Waals surface area contributed by atoms with E-state index in [1.54, 1.807) is 0 Å². The van der Waals surface area contributed by atoms with Crippen LogP contribution in [0.1, 0.15) is 25.8 Å². The van der Waals surface area contributed by atoms with Crippen LogP contribution in [0.4, 0.5) is 5.69 Å². The molecule has 0 saturated carbocycles. The largest absolute Gasteiger partial charge is 0.491 e. The van der Waals surface area contributed by atoms with Gasteiger partial charge in [0.15, 0.2) is 5.96 Å². The normalized spacial score (nSPS) is 11.4. The van der Waals surface area contributed by atoms with Gasteiger partial charge in [-0.1, -0.05) is 30.3 Å². The summed E-state index contributed by atoms with van der Waals surface area (Å²) in [6.07, 6.45) is 1.13. The fraction of sp³-hybridized carbons (Fsp3) is 0.381. The Balaban J connectivity index is 0.00000364. The van der Waals surface area contributed by atoms with Crippen molar-refractivity contribution in [3.8, 4) is 5.75 Å². The number of halogens is 1. The Bertz CT molecular complexity index is 674. The molecule has 2 aromatic carbocycles. The Kier molecular flexibility index (Phi) is 10.8. The first kappa shape index (κ1) is 23.2. The van der Waals surface area contributed by atoms with Crippen molar-refractivity contribution in [2.45, 2.75) is 32.9 Å². The minimum absolute atomic E-state index is 0. The molecule has 0 radical (unpaired) electrons. The van der Waals surface area contributed by atoms with Crippen LogP contribution in [0.5, 0.6) is 5.75 Å². The lowest BCUT2D eigenvalue weighted by atomic mass is 10.2. The summed E-state index contributed by atoms with van der Waals surface area (Å²) in [7, 11) is 2.12. The van der Waals surface area contributed by atoms with E-state index in [0.29, 0.717) is 12.5 Å². The smallest absolute Gasteiger partial charge is 0.193 e. The van der Waals surface area contributed by atoms with E-state index in [-0.39, 0.29) is 30.1 Å². The third kappa shape index (κ3) is 9.63. The molecule has 148 valence electrons. The molecular weight excluding hydrogens is 451 g/mol. The summed E-state index contributed by atoms with van der Waals surface area (Å²) in [5.74, 6) is 1.29. The molecule has 6 heteroatoms. The summed E-state index contributed by atoms with van der Waals surface area (Å²) in [4.78, 5) is 6.69. The predicted molar refractivity (Wildman–Crippen MR) is 125 cm³/mol. The number of anilines is 1. The molecule has 0 spiro atoms. The first-order valence-corrected chi connectivity index (χ1v) is 9.09. The quantitative estimate of drug-likeness (QED) is 0.242. The van der Waals surface area contributed by atoms with Crippen molar-refractivity contribution >= 4 is 35.6 Å². The van der Waals surface area contributed by atoms with Crippen LogP contribution in [-0.4, -0.2) is 37.1 Å². The number of hydrogen-bond donors (Lipinski definition) is 2. The molecule has 0 aliphatic heterocycles. The summed E-state index contributed by atoms with van der Waals surface area (Å²) in [6, 6.07) is 18.2. The molecule has 0 aliphatic rings. The van der Waals surface area contributed by atoms with E-state index in [1.807, 2.05) is 44.2 Å². The van der Waals surface area contributed by atoms with Gasteiger partial charge in [0.1, 0.15) is 5.75 Å². The lowest BCUT2D eigenvalue weighted by Crippen LogP contribution is -2.24. The van der Waals surface area contributed by atoms with Gasteiger partial charge in [-0.05, 0) is 63.7 Å². The highest BCUT2D eigenvalue weighted by Crippen LogP contribution is 2.16. The van der Waals surface area contributed by atoms with E-state index in [4.69, 9.17) is 10.5 Å². The second-order valence-corrected chi connectivity index (χ2v) is 6.66. The highest BCUT2D eigenvalue weighted by atomic mass is 127. The molecule has 0 unspecified atom stereocenters. The first-order chi connectivity index (χ1) is 12.5. The van der Waals surface area contributed by atoms with Gasteiger partial charge in [-0.2, -0.15) is 0 Å². The van der Waals surface area contributed by atoms with Crippen LogP contribution in [0.15, 0.2) is 59.6 Å². The van der Waals surface area contributed by atoms with Crippen molar-refractivity contribution < 1.29 is 4.74 Å². The Morgan fingerprint density at radius 2 is 1.78 bits per heavy atom. The highest BCUT2D eigenvalue weighted by molar-refractivity contribution is 14.0. The monoisotopic (exact) mass is 482 g/mol. The molecular formula is C21H31IN4O. The van der Waals surface area contributed by atoms with Crippen molar-refractivity contribution in [3.63, 3.8) is 0 Å². The number of rotatable bonds is 9. The van der Waals surface area contributed by atoms with Gasteiger partial charge in [0.2, 0.25) is 0 Å². The highest BCUT2D eigenvalue weighted by Gasteiger charge is 2.01. The lowest BCUT2D eigenvalue weighted by molar-refractivity contribution is 0.242. The third-order valence-electron chi connectivity index (χ3n) is 3.77. The molecule has 0 atom stereocenters. The molecule has 27 heavy (non-hydrogen) atoms. The zero-order valence-corrected chi connectivity index (χ0v) is 18.7. The number of guanidine groups is 1. The van der Waals surface area contributed by atoms with Crippen molar-refractivity contribution in [1.29, 1.82) is 0 Å². The zero-order valence-electron chi connectivity index (χ0n) is 16.4. The summed E-state index contributed by atoms with van der Waals surface area (Å²) < 4.78 is 5.62. The number of benzene rings is 2. The predicted octanol–water partition coefficient (Wildman–Crippen LogP) is 4.34. The van der Waals surface area contributed by atoms with Crippen LogP contribution >= 0.6 is 24.0 Å². The molecule has 3 N–H and O–H groups in total. The summed E-state index contributed by atoms with van der Waals surface area (Å²) in [6.45, 7) is 6.64. The molecule has 0 saturated heterocycles. The average molecular weight is 482 g/mol. The fourth-order valence-corrected chi connectivity index (χ4v) is 2.59. The van der Waals surface area contributed by atoms with Gasteiger partial charge in [0.25, 0.3) is 0 Å². The maximum Gasteiger partial charge on any atom is 0.193 e. The van der Waals surface area contributed by atoms with Gasteiger partial charge in [0.05, 0.1) is 6.10 Å². The van der Waals surface area contributed by atoms with E-state index in [0.717, 1.165) is 30.9 Å². The fourth-order valence-electron chi connectivity index (χ4n) is 2.59. The van der Waals surface area contributed by atoms with Crippen molar-refractivity contribution in [3.05, 3.63) is 60.2 Å². The van der Waals surface area contributed by atoms with Crippen LogP contribution in [0.3, 0.4) is 0 Å². The average Bonchev–Trinajstić information content (AvgIpc) is 2.61. The van der Waals surface area contributed by atoms with Crippen LogP contribution in [0.2, 0.25) is 0 Å². The Labute approximate surface area is 180 Å². The van der Waals surface area contributed by atoms with Crippen molar-refractivity contribution in [2.75, 3.05) is 25.5 Å². The minimum atomic E-state index is 0. The molecule has 0 amide bonds. The van der Waals surface area contributed by atoms with E-state index in [2.05, 4.69) is 46.5 Å².